The Morgan fingerprint density at radius 3 is 2.87 bits per heavy atom. The number of hydrogen-bond donors (Lipinski definition) is 1. The molecular formula is C16H11BrF2N2O2. The van der Waals surface area contributed by atoms with E-state index in [1.807, 2.05) is 24.3 Å². The molecule has 0 fully saturated rings. The quantitative estimate of drug-likeness (QED) is 0.878. The van der Waals surface area contributed by atoms with Crippen molar-refractivity contribution < 1.29 is 18.4 Å². The first kappa shape index (κ1) is 15.6. The van der Waals surface area contributed by atoms with Crippen LogP contribution in [0.15, 0.2) is 52.1 Å². The molecule has 1 heterocycles. The van der Waals surface area contributed by atoms with Gasteiger partial charge in [-0.3, -0.25) is 4.79 Å². The lowest BCUT2D eigenvalue weighted by molar-refractivity contribution is -0.125. The molecule has 1 aliphatic heterocycles. The average Bonchev–Trinajstić information content (AvgIpc) is 3.01. The Kier molecular flexibility index (Phi) is 4.38. The molecule has 0 radical (unpaired) electrons. The largest absolute Gasteiger partial charge is 0.382 e. The summed E-state index contributed by atoms with van der Waals surface area (Å²) in [5.74, 6) is -1.94. The number of oxime groups is 1. The second-order valence-electron chi connectivity index (χ2n) is 4.96. The number of anilines is 1. The molecule has 3 rings (SSSR count). The summed E-state index contributed by atoms with van der Waals surface area (Å²) in [6.45, 7) is 0. The van der Waals surface area contributed by atoms with Crippen molar-refractivity contribution in [1.29, 1.82) is 0 Å². The van der Waals surface area contributed by atoms with Crippen LogP contribution >= 0.6 is 15.9 Å². The van der Waals surface area contributed by atoms with Crippen molar-refractivity contribution in [3.05, 3.63) is 64.1 Å². The topological polar surface area (TPSA) is 50.7 Å². The summed E-state index contributed by atoms with van der Waals surface area (Å²) >= 11 is 3.36. The van der Waals surface area contributed by atoms with Crippen LogP contribution < -0.4 is 5.32 Å². The Balaban J connectivity index is 1.68. The van der Waals surface area contributed by atoms with E-state index in [2.05, 4.69) is 26.4 Å². The molecule has 0 aliphatic carbocycles. The minimum atomic E-state index is -0.883. The van der Waals surface area contributed by atoms with Crippen LogP contribution in [0.4, 0.5) is 14.5 Å². The summed E-state index contributed by atoms with van der Waals surface area (Å²) in [7, 11) is 0. The number of benzene rings is 2. The number of hydrogen-bond acceptors (Lipinski definition) is 3. The van der Waals surface area contributed by atoms with Crippen LogP contribution in [-0.4, -0.2) is 17.7 Å². The van der Waals surface area contributed by atoms with Gasteiger partial charge < -0.3 is 10.2 Å². The lowest BCUT2D eigenvalue weighted by Crippen LogP contribution is -2.28. The van der Waals surface area contributed by atoms with Crippen LogP contribution in [0.5, 0.6) is 0 Å². The van der Waals surface area contributed by atoms with Gasteiger partial charge in [0, 0.05) is 22.5 Å². The molecule has 4 nitrogen and oxygen atoms in total. The summed E-state index contributed by atoms with van der Waals surface area (Å²) in [4.78, 5) is 17.2. The first-order valence-corrected chi connectivity index (χ1v) is 7.57. The van der Waals surface area contributed by atoms with Gasteiger partial charge in [0.15, 0.2) is 0 Å². The second-order valence-corrected chi connectivity index (χ2v) is 5.88. The lowest BCUT2D eigenvalue weighted by Gasteiger charge is -2.10. The molecule has 1 aliphatic rings. The highest BCUT2D eigenvalue weighted by atomic mass is 79.9. The van der Waals surface area contributed by atoms with Crippen LogP contribution in [0, 0.1) is 11.6 Å². The van der Waals surface area contributed by atoms with Gasteiger partial charge in [0.1, 0.15) is 11.6 Å². The highest BCUT2D eigenvalue weighted by molar-refractivity contribution is 9.10. The van der Waals surface area contributed by atoms with Crippen LogP contribution in [0.25, 0.3) is 0 Å². The Hall–Kier alpha value is -2.28. The molecule has 0 aromatic heterocycles. The molecule has 1 amide bonds. The van der Waals surface area contributed by atoms with Crippen LogP contribution in [-0.2, 0) is 9.63 Å². The molecule has 1 atom stereocenters. The summed E-state index contributed by atoms with van der Waals surface area (Å²) in [5, 5.41) is 6.21. The van der Waals surface area contributed by atoms with Gasteiger partial charge in [-0.25, -0.2) is 8.78 Å². The fourth-order valence-corrected chi connectivity index (χ4v) is 2.56. The third kappa shape index (κ3) is 3.56. The predicted octanol–water partition coefficient (Wildman–Crippen LogP) is 3.86. The number of carbonyl (C=O) groups is 1. The molecule has 23 heavy (non-hydrogen) atoms. The number of carbonyl (C=O) groups excluding carboxylic acids is 1. The van der Waals surface area contributed by atoms with Gasteiger partial charge in [0.05, 0.1) is 11.4 Å². The fourth-order valence-electron chi connectivity index (χ4n) is 2.16. The minimum Gasteiger partial charge on any atom is -0.382 e. The van der Waals surface area contributed by atoms with E-state index in [0.717, 1.165) is 28.2 Å². The van der Waals surface area contributed by atoms with Gasteiger partial charge >= 0.3 is 0 Å². The van der Waals surface area contributed by atoms with Crippen LogP contribution in [0.1, 0.15) is 12.0 Å². The number of amides is 1. The Labute approximate surface area is 139 Å². The molecular weight excluding hydrogens is 370 g/mol. The van der Waals surface area contributed by atoms with Gasteiger partial charge in [-0.1, -0.05) is 33.2 Å². The average molecular weight is 381 g/mol. The number of rotatable bonds is 3. The van der Waals surface area contributed by atoms with Gasteiger partial charge in [-0.05, 0) is 24.3 Å². The van der Waals surface area contributed by atoms with E-state index < -0.39 is 23.6 Å². The molecule has 7 heteroatoms. The molecule has 0 bridgehead atoms. The number of nitrogens with zero attached hydrogens (tertiary/aromatic N) is 1. The van der Waals surface area contributed by atoms with Crippen molar-refractivity contribution in [2.45, 2.75) is 12.5 Å². The van der Waals surface area contributed by atoms with E-state index in [9.17, 15) is 13.6 Å². The maximum absolute atomic E-state index is 13.5. The van der Waals surface area contributed by atoms with E-state index in [4.69, 9.17) is 4.84 Å². The summed E-state index contributed by atoms with van der Waals surface area (Å²) in [6, 6.07) is 10.3. The molecule has 2 aromatic carbocycles. The van der Waals surface area contributed by atoms with Gasteiger partial charge in [-0.2, -0.15) is 0 Å². The molecule has 118 valence electrons. The number of halogens is 3. The highest BCUT2D eigenvalue weighted by Crippen LogP contribution is 2.22. The van der Waals surface area contributed by atoms with Gasteiger partial charge in [0.25, 0.3) is 5.91 Å². The van der Waals surface area contributed by atoms with Gasteiger partial charge in [0.2, 0.25) is 6.10 Å². The Morgan fingerprint density at radius 1 is 1.26 bits per heavy atom. The zero-order valence-corrected chi connectivity index (χ0v) is 13.3. The summed E-state index contributed by atoms with van der Waals surface area (Å²) in [5.41, 5.74) is 1.22. The number of nitrogens with one attached hydrogen (secondary N) is 1. The molecule has 0 spiro atoms. The maximum Gasteiger partial charge on any atom is 0.268 e. The van der Waals surface area contributed by atoms with E-state index >= 15 is 0 Å². The molecule has 0 saturated heterocycles. The van der Waals surface area contributed by atoms with E-state index in [0.29, 0.717) is 5.71 Å². The van der Waals surface area contributed by atoms with Crippen molar-refractivity contribution in [2.24, 2.45) is 5.16 Å². The summed E-state index contributed by atoms with van der Waals surface area (Å²) < 4.78 is 27.5. The van der Waals surface area contributed by atoms with Crippen molar-refractivity contribution in [1.82, 2.24) is 0 Å². The smallest absolute Gasteiger partial charge is 0.268 e. The predicted molar refractivity (Wildman–Crippen MR) is 85.2 cm³/mol. The van der Waals surface area contributed by atoms with Crippen LogP contribution in [0.2, 0.25) is 0 Å². The van der Waals surface area contributed by atoms with E-state index in [1.165, 1.54) is 0 Å². The van der Waals surface area contributed by atoms with Crippen molar-refractivity contribution in [3.8, 4) is 0 Å². The molecule has 0 saturated carbocycles. The lowest BCUT2D eigenvalue weighted by atomic mass is 10.0. The molecule has 1 unspecified atom stereocenters. The second kappa shape index (κ2) is 6.45. The minimum absolute atomic E-state index is 0.227. The normalized spacial score (nSPS) is 16.7. The zero-order valence-electron chi connectivity index (χ0n) is 11.7. The molecule has 2 aromatic rings. The van der Waals surface area contributed by atoms with Gasteiger partial charge in [-0.15, -0.1) is 0 Å². The standard InChI is InChI=1S/C16H11BrF2N2O2/c17-10-3-1-2-9(6-10)13-8-15(23-21-13)16(22)20-14-7-11(18)4-5-12(14)19/h1-7,15H,8H2,(H,20,22). The monoisotopic (exact) mass is 380 g/mol. The van der Waals surface area contributed by atoms with Crippen molar-refractivity contribution >= 4 is 33.2 Å². The van der Waals surface area contributed by atoms with Crippen molar-refractivity contribution in [3.63, 3.8) is 0 Å². The Bertz CT molecular complexity index is 795. The third-order valence-corrected chi connectivity index (χ3v) is 3.80. The third-order valence-electron chi connectivity index (χ3n) is 3.31. The zero-order chi connectivity index (χ0) is 16.4. The summed E-state index contributed by atoms with van der Waals surface area (Å²) in [6.07, 6.45) is -0.634. The first-order valence-electron chi connectivity index (χ1n) is 6.77. The van der Waals surface area contributed by atoms with Crippen molar-refractivity contribution in [2.75, 3.05) is 5.32 Å². The SMILES string of the molecule is O=C(Nc1cc(F)ccc1F)C1CC(c2cccc(Br)c2)=NO1. The first-order chi connectivity index (χ1) is 11.0. The van der Waals surface area contributed by atoms with E-state index in [1.54, 1.807) is 0 Å². The molecule has 1 N–H and O–H groups in total. The highest BCUT2D eigenvalue weighted by Gasteiger charge is 2.29. The van der Waals surface area contributed by atoms with Crippen LogP contribution in [0.3, 0.4) is 0 Å². The Morgan fingerprint density at radius 2 is 2.09 bits per heavy atom. The van der Waals surface area contributed by atoms with E-state index in [-0.39, 0.29) is 12.1 Å². The fraction of sp³-hybridized carbons (Fsp3) is 0.125. The maximum atomic E-state index is 13.5.